The lowest BCUT2D eigenvalue weighted by atomic mass is 9.98. The topological polar surface area (TPSA) is 43.4 Å². The van der Waals surface area contributed by atoms with Gasteiger partial charge in [-0.05, 0) is 12.8 Å². The Labute approximate surface area is 78.5 Å². The van der Waals surface area contributed by atoms with Gasteiger partial charge in [0.25, 0.3) is 0 Å². The highest BCUT2D eigenvalue weighted by atomic mass is 16.5. The standard InChI is InChI=1S/C10H16O3/c1-10(4-5-10)9(12)7-8(11)3-6-13-2/h3-7H2,1-2H3. The lowest BCUT2D eigenvalue weighted by molar-refractivity contribution is -0.130. The molecule has 1 aliphatic carbocycles. The molecule has 0 aromatic heterocycles. The zero-order chi connectivity index (χ0) is 9.90. The average molecular weight is 184 g/mol. The second-order valence-corrected chi connectivity index (χ2v) is 3.94. The molecule has 1 rings (SSSR count). The van der Waals surface area contributed by atoms with Gasteiger partial charge in [-0.15, -0.1) is 0 Å². The van der Waals surface area contributed by atoms with E-state index in [0.29, 0.717) is 13.0 Å². The summed E-state index contributed by atoms with van der Waals surface area (Å²) >= 11 is 0. The Hall–Kier alpha value is -0.700. The maximum Gasteiger partial charge on any atom is 0.146 e. The number of rotatable bonds is 6. The van der Waals surface area contributed by atoms with E-state index in [1.807, 2.05) is 6.92 Å². The molecule has 3 nitrogen and oxygen atoms in total. The number of carbonyl (C=O) groups excluding carboxylic acids is 2. The van der Waals surface area contributed by atoms with Gasteiger partial charge in [0.05, 0.1) is 13.0 Å². The average Bonchev–Trinajstić information content (AvgIpc) is 2.81. The fourth-order valence-electron chi connectivity index (χ4n) is 1.16. The number of ether oxygens (including phenoxy) is 1. The van der Waals surface area contributed by atoms with Gasteiger partial charge in [0.2, 0.25) is 0 Å². The van der Waals surface area contributed by atoms with Gasteiger partial charge in [0, 0.05) is 18.9 Å². The van der Waals surface area contributed by atoms with Crippen molar-refractivity contribution in [1.29, 1.82) is 0 Å². The molecular formula is C10H16O3. The van der Waals surface area contributed by atoms with Crippen molar-refractivity contribution in [2.24, 2.45) is 5.41 Å². The zero-order valence-corrected chi connectivity index (χ0v) is 8.26. The van der Waals surface area contributed by atoms with E-state index in [-0.39, 0.29) is 23.4 Å². The summed E-state index contributed by atoms with van der Waals surface area (Å²) in [4.78, 5) is 22.6. The predicted octanol–water partition coefficient (Wildman–Crippen LogP) is 1.35. The molecular weight excluding hydrogens is 168 g/mol. The van der Waals surface area contributed by atoms with Crippen LogP contribution in [0, 0.1) is 5.41 Å². The first kappa shape index (κ1) is 10.4. The Morgan fingerprint density at radius 2 is 2.00 bits per heavy atom. The summed E-state index contributed by atoms with van der Waals surface area (Å²) in [6.07, 6.45) is 2.35. The van der Waals surface area contributed by atoms with Crippen molar-refractivity contribution in [2.45, 2.75) is 32.6 Å². The quantitative estimate of drug-likeness (QED) is 0.585. The first-order valence-corrected chi connectivity index (χ1v) is 4.62. The molecule has 0 spiro atoms. The Kier molecular flexibility index (Phi) is 3.20. The second kappa shape index (κ2) is 4.01. The maximum atomic E-state index is 11.4. The van der Waals surface area contributed by atoms with Gasteiger partial charge in [-0.1, -0.05) is 6.92 Å². The van der Waals surface area contributed by atoms with Gasteiger partial charge in [-0.2, -0.15) is 0 Å². The molecule has 0 atom stereocenters. The van der Waals surface area contributed by atoms with Crippen molar-refractivity contribution in [1.82, 2.24) is 0 Å². The monoisotopic (exact) mass is 184 g/mol. The van der Waals surface area contributed by atoms with Crippen LogP contribution in [0.1, 0.15) is 32.6 Å². The lowest BCUT2D eigenvalue weighted by Gasteiger charge is -2.05. The van der Waals surface area contributed by atoms with E-state index in [0.717, 1.165) is 12.8 Å². The fourth-order valence-corrected chi connectivity index (χ4v) is 1.16. The molecule has 3 heteroatoms. The van der Waals surface area contributed by atoms with Crippen molar-refractivity contribution >= 4 is 11.6 Å². The summed E-state index contributed by atoms with van der Waals surface area (Å²) in [6, 6.07) is 0. The molecule has 1 saturated carbocycles. The summed E-state index contributed by atoms with van der Waals surface area (Å²) in [5.41, 5.74) is -0.164. The van der Waals surface area contributed by atoms with Crippen LogP contribution in [-0.4, -0.2) is 25.3 Å². The zero-order valence-electron chi connectivity index (χ0n) is 8.26. The van der Waals surface area contributed by atoms with Crippen molar-refractivity contribution in [3.63, 3.8) is 0 Å². The molecule has 0 amide bonds. The third-order valence-electron chi connectivity index (χ3n) is 2.62. The number of carbonyl (C=O) groups is 2. The van der Waals surface area contributed by atoms with Crippen LogP contribution in [0.25, 0.3) is 0 Å². The minimum Gasteiger partial charge on any atom is -0.384 e. The maximum absolute atomic E-state index is 11.4. The van der Waals surface area contributed by atoms with Gasteiger partial charge in [0.1, 0.15) is 11.6 Å². The molecule has 0 bridgehead atoms. The number of ketones is 2. The first-order valence-electron chi connectivity index (χ1n) is 4.62. The molecule has 0 saturated heterocycles. The van der Waals surface area contributed by atoms with Crippen LogP contribution < -0.4 is 0 Å². The van der Waals surface area contributed by atoms with E-state index in [1.165, 1.54) is 0 Å². The van der Waals surface area contributed by atoms with E-state index in [1.54, 1.807) is 7.11 Å². The number of Topliss-reactive ketones (excluding diaryl/α,β-unsaturated/α-hetero) is 2. The highest BCUT2D eigenvalue weighted by molar-refractivity contribution is 6.02. The van der Waals surface area contributed by atoms with Crippen LogP contribution in [0.15, 0.2) is 0 Å². The number of hydrogen-bond donors (Lipinski definition) is 0. The van der Waals surface area contributed by atoms with Crippen LogP contribution in [0.3, 0.4) is 0 Å². The Bertz CT molecular complexity index is 216. The lowest BCUT2D eigenvalue weighted by Crippen LogP contribution is -2.17. The molecule has 0 aliphatic heterocycles. The molecule has 0 aromatic carbocycles. The van der Waals surface area contributed by atoms with Crippen LogP contribution in [-0.2, 0) is 14.3 Å². The summed E-state index contributed by atoms with van der Waals surface area (Å²) < 4.78 is 4.76. The van der Waals surface area contributed by atoms with Crippen LogP contribution in [0.4, 0.5) is 0 Å². The molecule has 1 aliphatic rings. The summed E-state index contributed by atoms with van der Waals surface area (Å²) in [7, 11) is 1.55. The molecule has 0 heterocycles. The van der Waals surface area contributed by atoms with Gasteiger partial charge in [-0.25, -0.2) is 0 Å². The van der Waals surface area contributed by atoms with Crippen LogP contribution in [0.2, 0.25) is 0 Å². The summed E-state index contributed by atoms with van der Waals surface area (Å²) in [5.74, 6) is 0.105. The van der Waals surface area contributed by atoms with Crippen LogP contribution in [0.5, 0.6) is 0 Å². The van der Waals surface area contributed by atoms with Gasteiger partial charge >= 0.3 is 0 Å². The Morgan fingerprint density at radius 3 is 2.46 bits per heavy atom. The third-order valence-corrected chi connectivity index (χ3v) is 2.62. The molecule has 0 N–H and O–H groups in total. The Balaban J connectivity index is 2.24. The molecule has 74 valence electrons. The molecule has 1 fully saturated rings. The van der Waals surface area contributed by atoms with E-state index in [9.17, 15) is 9.59 Å². The highest BCUT2D eigenvalue weighted by Gasteiger charge is 2.44. The summed E-state index contributed by atoms with van der Waals surface area (Å²) in [5, 5.41) is 0. The fraction of sp³-hybridized carbons (Fsp3) is 0.800. The summed E-state index contributed by atoms with van der Waals surface area (Å²) in [6.45, 7) is 2.35. The van der Waals surface area contributed by atoms with Gasteiger partial charge < -0.3 is 4.74 Å². The normalized spacial score (nSPS) is 18.3. The van der Waals surface area contributed by atoms with E-state index >= 15 is 0 Å². The number of hydrogen-bond acceptors (Lipinski definition) is 3. The van der Waals surface area contributed by atoms with Crippen molar-refractivity contribution < 1.29 is 14.3 Å². The smallest absolute Gasteiger partial charge is 0.146 e. The first-order chi connectivity index (χ1) is 6.08. The predicted molar refractivity (Wildman–Crippen MR) is 48.5 cm³/mol. The third kappa shape index (κ3) is 2.92. The van der Waals surface area contributed by atoms with Crippen molar-refractivity contribution in [3.8, 4) is 0 Å². The second-order valence-electron chi connectivity index (χ2n) is 3.94. The van der Waals surface area contributed by atoms with Gasteiger partial charge in [-0.3, -0.25) is 9.59 Å². The molecule has 0 radical (unpaired) electrons. The molecule has 0 unspecified atom stereocenters. The van der Waals surface area contributed by atoms with Gasteiger partial charge in [0.15, 0.2) is 0 Å². The Morgan fingerprint density at radius 1 is 1.38 bits per heavy atom. The van der Waals surface area contributed by atoms with Crippen molar-refractivity contribution in [2.75, 3.05) is 13.7 Å². The van der Waals surface area contributed by atoms with E-state index in [4.69, 9.17) is 4.74 Å². The molecule has 0 aromatic rings. The molecule has 13 heavy (non-hydrogen) atoms. The minimum absolute atomic E-state index is 0.0000231. The minimum atomic E-state index is -0.164. The van der Waals surface area contributed by atoms with Crippen molar-refractivity contribution in [3.05, 3.63) is 0 Å². The van der Waals surface area contributed by atoms with E-state index in [2.05, 4.69) is 0 Å². The van der Waals surface area contributed by atoms with Crippen LogP contribution >= 0.6 is 0 Å². The number of methoxy groups -OCH3 is 1. The van der Waals surface area contributed by atoms with E-state index < -0.39 is 0 Å². The largest absolute Gasteiger partial charge is 0.384 e. The highest BCUT2D eigenvalue weighted by Crippen LogP contribution is 2.46. The SMILES string of the molecule is COCCC(=O)CC(=O)C1(C)CC1.